The van der Waals surface area contributed by atoms with Crippen molar-refractivity contribution in [3.8, 4) is 50.5 Å². The van der Waals surface area contributed by atoms with Crippen molar-refractivity contribution < 1.29 is 4.42 Å². The van der Waals surface area contributed by atoms with Gasteiger partial charge in [-0.05, 0) is 116 Å². The molecule has 0 fully saturated rings. The third kappa shape index (κ3) is 3.80. The van der Waals surface area contributed by atoms with Crippen LogP contribution in [0.4, 0.5) is 0 Å². The normalized spacial score (nSPS) is 13.4. The minimum atomic E-state index is -0.378. The number of oxazole rings is 1. The van der Waals surface area contributed by atoms with E-state index in [1.54, 1.807) is 0 Å². The highest BCUT2D eigenvalue weighted by Crippen LogP contribution is 2.63. The third-order valence-corrected chi connectivity index (χ3v) is 11.7. The lowest BCUT2D eigenvalue weighted by molar-refractivity contribution is 0.620. The summed E-state index contributed by atoms with van der Waals surface area (Å²) in [7, 11) is 0. The average molecular weight is 675 g/mol. The minimum Gasteiger partial charge on any atom is -0.436 e. The second kappa shape index (κ2) is 10.5. The first kappa shape index (κ1) is 28.7. The van der Waals surface area contributed by atoms with Crippen LogP contribution in [-0.2, 0) is 5.41 Å². The summed E-state index contributed by atoms with van der Waals surface area (Å²) in [5, 5.41) is 2.35. The Balaban J connectivity index is 1.10. The molecule has 0 saturated heterocycles. The van der Waals surface area contributed by atoms with Gasteiger partial charge in [-0.25, -0.2) is 4.98 Å². The molecule has 8 aromatic carbocycles. The largest absolute Gasteiger partial charge is 0.436 e. The highest BCUT2D eigenvalue weighted by molar-refractivity contribution is 6.11. The Hall–Kier alpha value is -6.97. The number of hydrogen-bond donors (Lipinski definition) is 0. The molecular formula is C50H30N2O. The van der Waals surface area contributed by atoms with E-state index in [1.165, 1.54) is 61.0 Å². The quantitative estimate of drug-likeness (QED) is 0.187. The molecule has 0 bridgehead atoms. The molecule has 2 aliphatic rings. The molecule has 0 aliphatic heterocycles. The third-order valence-electron chi connectivity index (χ3n) is 11.7. The van der Waals surface area contributed by atoms with Crippen LogP contribution in [0.2, 0.25) is 0 Å². The molecule has 3 heteroatoms. The van der Waals surface area contributed by atoms with Gasteiger partial charge < -0.3 is 8.98 Å². The van der Waals surface area contributed by atoms with Crippen LogP contribution in [0.3, 0.4) is 0 Å². The van der Waals surface area contributed by atoms with Gasteiger partial charge >= 0.3 is 0 Å². The number of rotatable bonds is 3. The maximum absolute atomic E-state index is 6.25. The number of fused-ring (bicyclic) bond motifs is 14. The summed E-state index contributed by atoms with van der Waals surface area (Å²) in [6.07, 6.45) is 0. The molecule has 1 spiro atoms. The van der Waals surface area contributed by atoms with Crippen molar-refractivity contribution in [2.45, 2.75) is 5.41 Å². The minimum absolute atomic E-state index is 0.378. The van der Waals surface area contributed by atoms with E-state index in [4.69, 9.17) is 9.40 Å². The van der Waals surface area contributed by atoms with Gasteiger partial charge in [0, 0.05) is 22.0 Å². The van der Waals surface area contributed by atoms with Gasteiger partial charge in [-0.1, -0.05) is 121 Å². The molecule has 3 nitrogen and oxygen atoms in total. The van der Waals surface area contributed by atoms with Crippen LogP contribution in [0.1, 0.15) is 22.3 Å². The smallest absolute Gasteiger partial charge is 0.227 e. The molecule has 0 atom stereocenters. The lowest BCUT2D eigenvalue weighted by atomic mass is 9.70. The SMILES string of the molecule is c1ccc(-n2c3ccc(-c4ccc5c(c4)C4(c6ccccc6-c6ccccc64)c4ccccc4-5)cc3c3cc(-c4nc5ccccc5o4)ccc32)cc1. The van der Waals surface area contributed by atoms with Crippen molar-refractivity contribution in [1.82, 2.24) is 9.55 Å². The van der Waals surface area contributed by atoms with Crippen molar-refractivity contribution in [3.05, 3.63) is 204 Å². The number of aromatic nitrogens is 2. The van der Waals surface area contributed by atoms with Crippen molar-refractivity contribution in [2.75, 3.05) is 0 Å². The zero-order chi connectivity index (χ0) is 34.7. The fourth-order valence-electron chi connectivity index (χ4n) is 9.46. The van der Waals surface area contributed by atoms with Gasteiger partial charge in [-0.15, -0.1) is 0 Å². The Labute approximate surface area is 306 Å². The van der Waals surface area contributed by atoms with Gasteiger partial charge in [0.25, 0.3) is 0 Å². The van der Waals surface area contributed by atoms with Crippen LogP contribution < -0.4 is 0 Å². The van der Waals surface area contributed by atoms with Gasteiger partial charge in [-0.2, -0.15) is 0 Å². The summed E-state index contributed by atoms with van der Waals surface area (Å²) < 4.78 is 8.61. The van der Waals surface area contributed by atoms with Gasteiger partial charge in [-0.3, -0.25) is 0 Å². The van der Waals surface area contributed by atoms with Gasteiger partial charge in [0.15, 0.2) is 5.58 Å². The zero-order valence-corrected chi connectivity index (χ0v) is 28.6. The van der Waals surface area contributed by atoms with E-state index in [2.05, 4.69) is 162 Å². The second-order valence-electron chi connectivity index (χ2n) is 14.3. The molecule has 53 heavy (non-hydrogen) atoms. The van der Waals surface area contributed by atoms with Crippen molar-refractivity contribution >= 4 is 32.9 Å². The summed E-state index contributed by atoms with van der Waals surface area (Å²) in [5.74, 6) is 0.630. The molecule has 246 valence electrons. The number of para-hydroxylation sites is 3. The highest BCUT2D eigenvalue weighted by atomic mass is 16.3. The molecule has 2 aromatic heterocycles. The maximum Gasteiger partial charge on any atom is 0.227 e. The molecular weight excluding hydrogens is 645 g/mol. The van der Waals surface area contributed by atoms with E-state index in [-0.39, 0.29) is 5.41 Å². The van der Waals surface area contributed by atoms with Crippen molar-refractivity contribution in [1.29, 1.82) is 0 Å². The van der Waals surface area contributed by atoms with E-state index in [0.29, 0.717) is 5.89 Å². The number of benzene rings is 8. The lowest BCUT2D eigenvalue weighted by Gasteiger charge is -2.30. The summed E-state index contributed by atoms with van der Waals surface area (Å²) in [6.45, 7) is 0. The summed E-state index contributed by atoms with van der Waals surface area (Å²) in [6, 6.07) is 66.2. The van der Waals surface area contributed by atoms with E-state index >= 15 is 0 Å². The number of nitrogens with zero attached hydrogens (tertiary/aromatic N) is 2. The molecule has 10 aromatic rings. The van der Waals surface area contributed by atoms with Gasteiger partial charge in [0.1, 0.15) is 5.52 Å². The van der Waals surface area contributed by atoms with Gasteiger partial charge in [0.2, 0.25) is 5.89 Å². The summed E-state index contributed by atoms with van der Waals surface area (Å²) in [5.41, 5.74) is 18.7. The highest BCUT2D eigenvalue weighted by Gasteiger charge is 2.51. The van der Waals surface area contributed by atoms with Gasteiger partial charge in [0.05, 0.1) is 16.4 Å². The predicted octanol–water partition coefficient (Wildman–Crippen LogP) is 12.6. The monoisotopic (exact) mass is 674 g/mol. The summed E-state index contributed by atoms with van der Waals surface area (Å²) >= 11 is 0. The van der Waals surface area contributed by atoms with Crippen LogP contribution in [0.15, 0.2) is 186 Å². The number of hydrogen-bond acceptors (Lipinski definition) is 2. The lowest BCUT2D eigenvalue weighted by Crippen LogP contribution is -2.25. The van der Waals surface area contributed by atoms with Crippen LogP contribution in [0, 0.1) is 0 Å². The first-order chi connectivity index (χ1) is 26.3. The molecule has 12 rings (SSSR count). The van der Waals surface area contributed by atoms with E-state index in [0.717, 1.165) is 38.8 Å². The molecule has 0 unspecified atom stereocenters. The fraction of sp³-hybridized carbons (Fsp3) is 0.0200. The maximum atomic E-state index is 6.25. The van der Waals surface area contributed by atoms with Crippen LogP contribution >= 0.6 is 0 Å². The summed E-state index contributed by atoms with van der Waals surface area (Å²) in [4.78, 5) is 4.84. The van der Waals surface area contributed by atoms with E-state index < -0.39 is 0 Å². The van der Waals surface area contributed by atoms with E-state index in [9.17, 15) is 0 Å². The fourth-order valence-corrected chi connectivity index (χ4v) is 9.46. The predicted molar refractivity (Wildman–Crippen MR) is 216 cm³/mol. The van der Waals surface area contributed by atoms with Crippen LogP contribution in [-0.4, -0.2) is 9.55 Å². The van der Waals surface area contributed by atoms with E-state index in [1.807, 2.05) is 24.3 Å². The first-order valence-electron chi connectivity index (χ1n) is 18.2. The Bertz CT molecular complexity index is 3030. The molecule has 0 saturated carbocycles. The average Bonchev–Trinajstić information content (AvgIpc) is 3.96. The topological polar surface area (TPSA) is 31.0 Å². The Kier molecular flexibility index (Phi) is 5.70. The van der Waals surface area contributed by atoms with Crippen molar-refractivity contribution in [3.63, 3.8) is 0 Å². The molecule has 2 aliphatic carbocycles. The molecule has 0 amide bonds. The second-order valence-corrected chi connectivity index (χ2v) is 14.3. The van der Waals surface area contributed by atoms with Crippen LogP contribution in [0.5, 0.6) is 0 Å². The Morgan fingerprint density at radius 2 is 0.925 bits per heavy atom. The van der Waals surface area contributed by atoms with Crippen molar-refractivity contribution in [2.24, 2.45) is 0 Å². The molecule has 0 N–H and O–H groups in total. The first-order valence-corrected chi connectivity index (χ1v) is 18.2. The Morgan fingerprint density at radius 3 is 1.58 bits per heavy atom. The molecule has 0 radical (unpaired) electrons. The molecule has 2 heterocycles. The van der Waals surface area contributed by atoms with Crippen LogP contribution in [0.25, 0.3) is 83.4 Å². The zero-order valence-electron chi connectivity index (χ0n) is 28.6. The standard InChI is InChI=1S/C50H30N2O/c1-2-12-34(13-3-1)52-46-26-23-31(28-39(46)40-29-33(24-27-47(40)52)49-51-45-20-10-11-21-48(45)53-49)32-22-25-38-37-16-6-9-19-43(37)50(44(38)30-32)41-17-7-4-14-35(41)36-15-5-8-18-42(36)50/h1-30H. The Morgan fingerprint density at radius 1 is 0.415 bits per heavy atom.